The number of esters is 1. The second-order valence-corrected chi connectivity index (χ2v) is 5.99. The highest BCUT2D eigenvalue weighted by Crippen LogP contribution is 2.31. The SMILES string of the molecule is COc1cc(OC)cc(C(OC(=O)CCCC(=O)O)C(=O)c2ccccc2)c1. The third kappa shape index (κ3) is 5.84. The van der Waals surface area contributed by atoms with Crippen LogP contribution in [-0.2, 0) is 14.3 Å². The molecule has 0 fully saturated rings. The third-order valence-electron chi connectivity index (χ3n) is 3.99. The Bertz CT molecular complexity index is 808. The van der Waals surface area contributed by atoms with E-state index in [0.717, 1.165) is 0 Å². The summed E-state index contributed by atoms with van der Waals surface area (Å²) < 4.78 is 15.9. The Kier molecular flexibility index (Phi) is 7.56. The summed E-state index contributed by atoms with van der Waals surface area (Å²) in [6.07, 6.45) is -1.34. The Labute approximate surface area is 162 Å². The molecule has 28 heavy (non-hydrogen) atoms. The van der Waals surface area contributed by atoms with E-state index in [4.69, 9.17) is 19.3 Å². The fraction of sp³-hybridized carbons (Fsp3) is 0.286. The minimum atomic E-state index is -1.20. The lowest BCUT2D eigenvalue weighted by Crippen LogP contribution is -2.20. The van der Waals surface area contributed by atoms with Crippen LogP contribution in [0.15, 0.2) is 48.5 Å². The summed E-state index contributed by atoms with van der Waals surface area (Å²) in [7, 11) is 2.95. The maximum atomic E-state index is 13.0. The second kappa shape index (κ2) is 10.1. The number of Topliss-reactive ketones (excluding diaryl/α,β-unsaturated/α-hetero) is 1. The zero-order valence-electron chi connectivity index (χ0n) is 15.7. The summed E-state index contributed by atoms with van der Waals surface area (Å²) in [4.78, 5) is 35.9. The number of hydrogen-bond acceptors (Lipinski definition) is 6. The molecule has 7 heteroatoms. The molecule has 0 aliphatic rings. The fourth-order valence-electron chi connectivity index (χ4n) is 2.58. The Morgan fingerprint density at radius 1 is 0.929 bits per heavy atom. The monoisotopic (exact) mass is 386 g/mol. The van der Waals surface area contributed by atoms with E-state index in [9.17, 15) is 14.4 Å². The molecule has 1 unspecified atom stereocenters. The maximum Gasteiger partial charge on any atom is 0.306 e. The molecule has 0 heterocycles. The molecule has 2 aromatic rings. The van der Waals surface area contributed by atoms with Gasteiger partial charge in [-0.2, -0.15) is 0 Å². The van der Waals surface area contributed by atoms with E-state index < -0.39 is 23.8 Å². The molecule has 148 valence electrons. The van der Waals surface area contributed by atoms with Crippen LogP contribution in [0.25, 0.3) is 0 Å². The van der Waals surface area contributed by atoms with Crippen molar-refractivity contribution < 1.29 is 33.7 Å². The predicted octanol–water partition coefficient (Wildman–Crippen LogP) is 3.43. The molecule has 2 aromatic carbocycles. The zero-order valence-corrected chi connectivity index (χ0v) is 15.7. The van der Waals surface area contributed by atoms with Crippen molar-refractivity contribution in [3.63, 3.8) is 0 Å². The number of ketones is 1. The maximum absolute atomic E-state index is 13.0. The average Bonchev–Trinajstić information content (AvgIpc) is 2.71. The normalized spacial score (nSPS) is 11.4. The highest BCUT2D eigenvalue weighted by molar-refractivity contribution is 6.01. The van der Waals surface area contributed by atoms with Gasteiger partial charge < -0.3 is 19.3 Å². The number of benzene rings is 2. The lowest BCUT2D eigenvalue weighted by atomic mass is 9.99. The molecule has 0 saturated heterocycles. The first kappa shape index (κ1) is 21.0. The van der Waals surface area contributed by atoms with Crippen LogP contribution >= 0.6 is 0 Å². The van der Waals surface area contributed by atoms with Gasteiger partial charge in [-0.1, -0.05) is 30.3 Å². The lowest BCUT2D eigenvalue weighted by Gasteiger charge is -2.19. The number of aliphatic carboxylic acids is 1. The van der Waals surface area contributed by atoms with Gasteiger partial charge in [-0.05, 0) is 18.6 Å². The molecular weight excluding hydrogens is 364 g/mol. The Balaban J connectivity index is 2.32. The van der Waals surface area contributed by atoms with Crippen LogP contribution in [0.2, 0.25) is 0 Å². The van der Waals surface area contributed by atoms with Gasteiger partial charge in [0, 0.05) is 30.0 Å². The van der Waals surface area contributed by atoms with Crippen LogP contribution in [0.3, 0.4) is 0 Å². The third-order valence-corrected chi connectivity index (χ3v) is 3.99. The van der Waals surface area contributed by atoms with Crippen molar-refractivity contribution in [1.82, 2.24) is 0 Å². The molecule has 0 radical (unpaired) electrons. The number of carboxylic acid groups (broad SMARTS) is 1. The van der Waals surface area contributed by atoms with E-state index in [1.165, 1.54) is 14.2 Å². The summed E-state index contributed by atoms with van der Waals surface area (Å²) in [6.45, 7) is 0. The van der Waals surface area contributed by atoms with E-state index in [1.54, 1.807) is 48.5 Å². The second-order valence-electron chi connectivity index (χ2n) is 5.99. The van der Waals surface area contributed by atoms with Crippen molar-refractivity contribution >= 4 is 17.7 Å². The van der Waals surface area contributed by atoms with Crippen LogP contribution in [0.5, 0.6) is 11.5 Å². The van der Waals surface area contributed by atoms with Crippen molar-refractivity contribution in [3.05, 3.63) is 59.7 Å². The summed E-state index contributed by atoms with van der Waals surface area (Å²) in [5.74, 6) is -1.16. The minimum Gasteiger partial charge on any atom is -0.497 e. The van der Waals surface area contributed by atoms with Gasteiger partial charge in [-0.3, -0.25) is 14.4 Å². The number of carboxylic acids is 1. The fourth-order valence-corrected chi connectivity index (χ4v) is 2.58. The van der Waals surface area contributed by atoms with Gasteiger partial charge in [0.1, 0.15) is 11.5 Å². The largest absolute Gasteiger partial charge is 0.497 e. The quantitative estimate of drug-likeness (QED) is 0.493. The lowest BCUT2D eigenvalue weighted by molar-refractivity contribution is -0.147. The molecule has 2 rings (SSSR count). The average molecular weight is 386 g/mol. The minimum absolute atomic E-state index is 0.105. The number of carbonyl (C=O) groups is 3. The Morgan fingerprint density at radius 3 is 2.07 bits per heavy atom. The molecule has 0 bridgehead atoms. The summed E-state index contributed by atoms with van der Waals surface area (Å²) in [5.41, 5.74) is 0.782. The number of hydrogen-bond donors (Lipinski definition) is 1. The summed E-state index contributed by atoms with van der Waals surface area (Å²) >= 11 is 0. The summed E-state index contributed by atoms with van der Waals surface area (Å²) in [5, 5.41) is 8.70. The van der Waals surface area contributed by atoms with Crippen molar-refractivity contribution in [2.75, 3.05) is 14.2 Å². The van der Waals surface area contributed by atoms with Crippen LogP contribution in [0.4, 0.5) is 0 Å². The van der Waals surface area contributed by atoms with E-state index in [-0.39, 0.29) is 19.3 Å². The number of ether oxygens (including phenoxy) is 3. The van der Waals surface area contributed by atoms with Gasteiger partial charge in [0.05, 0.1) is 14.2 Å². The van der Waals surface area contributed by atoms with E-state index in [1.807, 2.05) is 0 Å². The molecular formula is C21H22O7. The molecule has 0 aliphatic carbocycles. The topological polar surface area (TPSA) is 99.1 Å². The van der Waals surface area contributed by atoms with Gasteiger partial charge in [0.2, 0.25) is 5.78 Å². The number of methoxy groups -OCH3 is 2. The molecule has 7 nitrogen and oxygen atoms in total. The standard InChI is InChI=1S/C21H22O7/c1-26-16-11-15(12-17(13-16)27-2)21(20(25)14-7-4-3-5-8-14)28-19(24)10-6-9-18(22)23/h3-5,7-8,11-13,21H,6,9-10H2,1-2H3,(H,22,23). The van der Waals surface area contributed by atoms with Gasteiger partial charge in [0.15, 0.2) is 6.10 Å². The smallest absolute Gasteiger partial charge is 0.306 e. The van der Waals surface area contributed by atoms with Gasteiger partial charge in [0.25, 0.3) is 0 Å². The highest BCUT2D eigenvalue weighted by atomic mass is 16.5. The van der Waals surface area contributed by atoms with Crippen molar-refractivity contribution in [3.8, 4) is 11.5 Å². The Morgan fingerprint density at radius 2 is 1.54 bits per heavy atom. The summed E-state index contributed by atoms with van der Waals surface area (Å²) in [6, 6.07) is 13.3. The van der Waals surface area contributed by atoms with Crippen molar-refractivity contribution in [2.45, 2.75) is 25.4 Å². The van der Waals surface area contributed by atoms with Crippen LogP contribution in [-0.4, -0.2) is 37.0 Å². The van der Waals surface area contributed by atoms with Gasteiger partial charge >= 0.3 is 11.9 Å². The molecule has 0 aromatic heterocycles. The highest BCUT2D eigenvalue weighted by Gasteiger charge is 2.27. The van der Waals surface area contributed by atoms with Gasteiger partial charge in [-0.25, -0.2) is 0 Å². The molecule has 0 saturated carbocycles. The van der Waals surface area contributed by atoms with Crippen LogP contribution in [0, 0.1) is 0 Å². The number of carbonyl (C=O) groups excluding carboxylic acids is 2. The van der Waals surface area contributed by atoms with E-state index in [0.29, 0.717) is 22.6 Å². The Hall–Kier alpha value is -3.35. The predicted molar refractivity (Wildman–Crippen MR) is 101 cm³/mol. The zero-order chi connectivity index (χ0) is 20.5. The van der Waals surface area contributed by atoms with E-state index >= 15 is 0 Å². The van der Waals surface area contributed by atoms with Crippen LogP contribution in [0.1, 0.15) is 41.3 Å². The van der Waals surface area contributed by atoms with Gasteiger partial charge in [-0.15, -0.1) is 0 Å². The number of rotatable bonds is 10. The first-order chi connectivity index (χ1) is 13.4. The van der Waals surface area contributed by atoms with E-state index in [2.05, 4.69) is 0 Å². The van der Waals surface area contributed by atoms with Crippen molar-refractivity contribution in [2.24, 2.45) is 0 Å². The first-order valence-corrected chi connectivity index (χ1v) is 8.68. The molecule has 0 aliphatic heterocycles. The molecule has 0 amide bonds. The molecule has 1 atom stereocenters. The molecule has 0 spiro atoms. The first-order valence-electron chi connectivity index (χ1n) is 8.68. The van der Waals surface area contributed by atoms with Crippen molar-refractivity contribution in [1.29, 1.82) is 0 Å². The molecule has 1 N–H and O–H groups in total. The van der Waals surface area contributed by atoms with Crippen LogP contribution < -0.4 is 9.47 Å².